The molecule has 146 valence electrons. The number of hydrogen-bond donors (Lipinski definition) is 0. The largest absolute Gasteiger partial charge is 0.375 e. The van der Waals surface area contributed by atoms with Gasteiger partial charge in [-0.2, -0.15) is 0 Å². The van der Waals surface area contributed by atoms with E-state index in [1.807, 2.05) is 11.0 Å². The molecule has 1 heterocycles. The van der Waals surface area contributed by atoms with Gasteiger partial charge in [-0.3, -0.25) is 9.79 Å². The molecule has 0 saturated carbocycles. The molecule has 0 bridgehead atoms. The second-order valence-corrected chi connectivity index (χ2v) is 7.22. The van der Waals surface area contributed by atoms with Gasteiger partial charge in [0, 0.05) is 43.9 Å². The smallest absolute Gasteiger partial charge is 0.261 e. The number of carbonyl (C=O) groups excluding carboxylic acids is 1. The monoisotopic (exact) mass is 367 g/mol. The first-order valence-corrected chi connectivity index (χ1v) is 10.0. The Morgan fingerprint density at radius 2 is 2.07 bits per heavy atom. The highest BCUT2D eigenvalue weighted by molar-refractivity contribution is 6.19. The number of benzene rings is 1. The van der Waals surface area contributed by atoms with Gasteiger partial charge in [-0.05, 0) is 42.9 Å². The van der Waals surface area contributed by atoms with E-state index in [0.29, 0.717) is 18.0 Å². The Kier molecular flexibility index (Phi) is 7.83. The fourth-order valence-corrected chi connectivity index (χ4v) is 3.52. The number of hydrogen-bond acceptors (Lipinski definition) is 3. The normalized spacial score (nSPS) is 16.8. The third kappa shape index (κ3) is 5.09. The molecule has 0 aromatic heterocycles. The molecule has 1 aliphatic rings. The molecule has 1 atom stereocenters. The first kappa shape index (κ1) is 20.9. The minimum Gasteiger partial charge on any atom is -0.375 e. The lowest BCUT2D eigenvalue weighted by molar-refractivity contribution is -0.114. The molecule has 1 amide bonds. The minimum absolute atomic E-state index is 0.0212. The second-order valence-electron chi connectivity index (χ2n) is 7.22. The summed E-state index contributed by atoms with van der Waals surface area (Å²) in [5.74, 6) is 0.314. The summed E-state index contributed by atoms with van der Waals surface area (Å²) in [5.41, 5.74) is 3.99. The maximum absolute atomic E-state index is 13.5. The molecule has 27 heavy (non-hydrogen) atoms. The first-order chi connectivity index (χ1) is 13.0. The standard InChI is InChI=1S/C23H33N3O/c1-6-9-11-19-12-10-13-20(16-19)26-15-14-25(5)22(18(4)7-2)21(23(26)27)17-24-8-3/h8,10,12-13,16-18H,3,6-7,9,11,14-15H2,1-2,4-5H3/b24-17-. The van der Waals surface area contributed by atoms with Gasteiger partial charge in [-0.25, -0.2) is 0 Å². The number of aliphatic imine (C=N–C) groups is 1. The van der Waals surface area contributed by atoms with Crippen LogP contribution in [0.3, 0.4) is 0 Å². The zero-order valence-electron chi connectivity index (χ0n) is 17.2. The van der Waals surface area contributed by atoms with Gasteiger partial charge >= 0.3 is 0 Å². The number of unbranched alkanes of at least 4 members (excludes halogenated alkanes) is 1. The van der Waals surface area contributed by atoms with Crippen LogP contribution in [0.5, 0.6) is 0 Å². The van der Waals surface area contributed by atoms with Crippen LogP contribution >= 0.6 is 0 Å². The lowest BCUT2D eigenvalue weighted by Gasteiger charge is -2.26. The van der Waals surface area contributed by atoms with Gasteiger partial charge in [-0.15, -0.1) is 0 Å². The Balaban J connectivity index is 2.46. The molecule has 4 nitrogen and oxygen atoms in total. The highest BCUT2D eigenvalue weighted by Gasteiger charge is 2.29. The van der Waals surface area contributed by atoms with Crippen molar-refractivity contribution in [2.45, 2.75) is 46.5 Å². The number of nitrogens with zero attached hydrogens (tertiary/aromatic N) is 3. The van der Waals surface area contributed by atoms with Gasteiger partial charge in [0.1, 0.15) is 0 Å². The predicted molar refractivity (Wildman–Crippen MR) is 115 cm³/mol. The summed E-state index contributed by atoms with van der Waals surface area (Å²) in [4.78, 5) is 21.8. The molecule has 0 radical (unpaired) electrons. The van der Waals surface area contributed by atoms with Gasteiger partial charge in [0.25, 0.3) is 5.91 Å². The maximum Gasteiger partial charge on any atom is 0.261 e. The molecule has 0 saturated heterocycles. The third-order valence-corrected chi connectivity index (χ3v) is 5.25. The van der Waals surface area contributed by atoms with Crippen molar-refractivity contribution in [2.75, 3.05) is 25.0 Å². The predicted octanol–water partition coefficient (Wildman–Crippen LogP) is 4.82. The number of aryl methyl sites for hydroxylation is 1. The van der Waals surface area contributed by atoms with Crippen molar-refractivity contribution in [3.63, 3.8) is 0 Å². The fraction of sp³-hybridized carbons (Fsp3) is 0.478. The molecule has 4 heteroatoms. The van der Waals surface area contributed by atoms with Crippen molar-refractivity contribution >= 4 is 17.8 Å². The van der Waals surface area contributed by atoms with Gasteiger partial charge in [-0.1, -0.05) is 45.9 Å². The Bertz CT molecular complexity index is 720. The Hall–Kier alpha value is -2.36. The quantitative estimate of drug-likeness (QED) is 0.618. The highest BCUT2D eigenvalue weighted by Crippen LogP contribution is 2.28. The fourth-order valence-electron chi connectivity index (χ4n) is 3.52. The minimum atomic E-state index is 0.0212. The molecule has 1 aliphatic heterocycles. The van der Waals surface area contributed by atoms with E-state index >= 15 is 0 Å². The van der Waals surface area contributed by atoms with Crippen molar-refractivity contribution in [1.82, 2.24) is 4.90 Å². The number of allylic oxidation sites excluding steroid dienone is 1. The third-order valence-electron chi connectivity index (χ3n) is 5.25. The topological polar surface area (TPSA) is 35.9 Å². The van der Waals surface area contributed by atoms with E-state index in [2.05, 4.69) is 62.5 Å². The summed E-state index contributed by atoms with van der Waals surface area (Å²) in [6.45, 7) is 11.6. The van der Waals surface area contributed by atoms with Gasteiger partial charge in [0.15, 0.2) is 0 Å². The lowest BCUT2D eigenvalue weighted by atomic mass is 9.98. The van der Waals surface area contributed by atoms with Crippen LogP contribution in [0.1, 0.15) is 45.6 Å². The molecular formula is C23H33N3O. The molecule has 2 rings (SSSR count). The summed E-state index contributed by atoms with van der Waals surface area (Å²) in [5, 5.41) is 0. The van der Waals surface area contributed by atoms with E-state index in [-0.39, 0.29) is 5.91 Å². The van der Waals surface area contributed by atoms with Gasteiger partial charge in [0.05, 0.1) is 5.57 Å². The summed E-state index contributed by atoms with van der Waals surface area (Å²) >= 11 is 0. The summed E-state index contributed by atoms with van der Waals surface area (Å²) in [6.07, 6.45) is 7.51. The summed E-state index contributed by atoms with van der Waals surface area (Å²) in [6, 6.07) is 8.39. The van der Waals surface area contributed by atoms with E-state index in [1.54, 1.807) is 6.21 Å². The van der Waals surface area contributed by atoms with Crippen molar-refractivity contribution < 1.29 is 4.79 Å². The second kappa shape index (κ2) is 10.1. The van der Waals surface area contributed by atoms with Crippen molar-refractivity contribution in [3.8, 4) is 0 Å². The van der Waals surface area contributed by atoms with E-state index in [4.69, 9.17) is 0 Å². The van der Waals surface area contributed by atoms with E-state index in [9.17, 15) is 4.79 Å². The van der Waals surface area contributed by atoms with Gasteiger partial charge in [0.2, 0.25) is 0 Å². The Labute approximate surface area is 164 Å². The molecular weight excluding hydrogens is 334 g/mol. The summed E-state index contributed by atoms with van der Waals surface area (Å²) < 4.78 is 0. The van der Waals surface area contributed by atoms with Crippen LogP contribution in [0.25, 0.3) is 0 Å². The highest BCUT2D eigenvalue weighted by atomic mass is 16.2. The molecule has 1 aromatic rings. The van der Waals surface area contributed by atoms with Crippen LogP contribution in [0.4, 0.5) is 5.69 Å². The van der Waals surface area contributed by atoms with Crippen LogP contribution in [-0.4, -0.2) is 37.2 Å². The van der Waals surface area contributed by atoms with Crippen LogP contribution in [0.2, 0.25) is 0 Å². The molecule has 0 spiro atoms. The van der Waals surface area contributed by atoms with Gasteiger partial charge < -0.3 is 9.80 Å². The Morgan fingerprint density at radius 3 is 2.74 bits per heavy atom. The van der Waals surface area contributed by atoms with Crippen LogP contribution in [0.15, 0.2) is 53.3 Å². The average Bonchev–Trinajstić information content (AvgIpc) is 2.80. The number of likely N-dealkylation sites (N-methyl/N-ethyl adjacent to an activating group) is 1. The number of amides is 1. The first-order valence-electron chi connectivity index (χ1n) is 10.0. The van der Waals surface area contributed by atoms with Crippen LogP contribution in [-0.2, 0) is 11.2 Å². The number of carbonyl (C=O) groups is 1. The van der Waals surface area contributed by atoms with Crippen molar-refractivity contribution in [3.05, 3.63) is 53.9 Å². The molecule has 1 unspecified atom stereocenters. The number of rotatable bonds is 8. The maximum atomic E-state index is 13.5. The SMILES string of the molecule is C=C/N=C\C1=C(C(C)CC)N(C)CCN(c2cccc(CCCC)c2)C1=O. The summed E-state index contributed by atoms with van der Waals surface area (Å²) in [7, 11) is 2.07. The molecule has 0 fully saturated rings. The molecule has 0 aliphatic carbocycles. The lowest BCUT2D eigenvalue weighted by Crippen LogP contribution is -2.34. The average molecular weight is 368 g/mol. The van der Waals surface area contributed by atoms with Crippen LogP contribution < -0.4 is 4.90 Å². The Morgan fingerprint density at radius 1 is 1.30 bits per heavy atom. The van der Waals surface area contributed by atoms with E-state index in [0.717, 1.165) is 37.2 Å². The van der Waals surface area contributed by atoms with Crippen molar-refractivity contribution in [1.29, 1.82) is 0 Å². The zero-order valence-corrected chi connectivity index (χ0v) is 17.2. The molecule has 1 aromatic carbocycles. The van der Waals surface area contributed by atoms with Crippen molar-refractivity contribution in [2.24, 2.45) is 10.9 Å². The number of anilines is 1. The van der Waals surface area contributed by atoms with E-state index < -0.39 is 0 Å². The van der Waals surface area contributed by atoms with E-state index in [1.165, 1.54) is 18.2 Å². The molecule has 0 N–H and O–H groups in total. The zero-order chi connectivity index (χ0) is 19.8. The van der Waals surface area contributed by atoms with Crippen LogP contribution in [0, 0.1) is 5.92 Å².